The van der Waals surface area contributed by atoms with Crippen LogP contribution in [0.1, 0.15) is 21.5 Å². The number of pyridine rings is 1. The molecule has 0 aliphatic heterocycles. The van der Waals surface area contributed by atoms with Crippen LogP contribution in [0.3, 0.4) is 0 Å². The fourth-order valence-electron chi connectivity index (χ4n) is 1.76. The Morgan fingerprint density at radius 3 is 2.58 bits per heavy atom. The topological polar surface area (TPSA) is 54.0 Å². The van der Waals surface area contributed by atoms with Gasteiger partial charge in [-0.25, -0.2) is 0 Å². The van der Waals surface area contributed by atoms with E-state index in [2.05, 4.69) is 15.6 Å². The summed E-state index contributed by atoms with van der Waals surface area (Å²) in [4.78, 5) is 15.5. The zero-order valence-corrected chi connectivity index (χ0v) is 11.1. The quantitative estimate of drug-likeness (QED) is 0.881. The maximum absolute atomic E-state index is 11.4. The molecule has 19 heavy (non-hydrogen) atoms. The Balaban J connectivity index is 2.01. The van der Waals surface area contributed by atoms with Gasteiger partial charge in [0.25, 0.3) is 5.91 Å². The van der Waals surface area contributed by atoms with Crippen molar-refractivity contribution in [3.8, 4) is 0 Å². The Bertz CT molecular complexity index is 564. The summed E-state index contributed by atoms with van der Waals surface area (Å²) in [5.74, 6) is -0.0670. The summed E-state index contributed by atoms with van der Waals surface area (Å²) in [5, 5.41) is 5.93. The molecule has 1 aromatic heterocycles. The van der Waals surface area contributed by atoms with Crippen LogP contribution in [-0.2, 0) is 6.54 Å². The van der Waals surface area contributed by atoms with E-state index in [-0.39, 0.29) is 5.91 Å². The van der Waals surface area contributed by atoms with E-state index in [1.807, 2.05) is 43.5 Å². The number of hydrogen-bond acceptors (Lipinski definition) is 3. The van der Waals surface area contributed by atoms with Gasteiger partial charge >= 0.3 is 0 Å². The van der Waals surface area contributed by atoms with E-state index in [1.54, 1.807) is 13.2 Å². The Morgan fingerprint density at radius 2 is 1.95 bits per heavy atom. The molecule has 4 heteroatoms. The van der Waals surface area contributed by atoms with Crippen LogP contribution in [0.15, 0.2) is 42.7 Å². The highest BCUT2D eigenvalue weighted by Gasteiger charge is 2.02. The molecule has 0 spiro atoms. The van der Waals surface area contributed by atoms with Gasteiger partial charge in [0.2, 0.25) is 0 Å². The van der Waals surface area contributed by atoms with Crippen molar-refractivity contribution in [2.45, 2.75) is 13.5 Å². The van der Waals surface area contributed by atoms with E-state index in [0.717, 1.165) is 16.8 Å². The number of anilines is 1. The van der Waals surface area contributed by atoms with Crippen LogP contribution in [0.4, 0.5) is 5.69 Å². The second kappa shape index (κ2) is 6.00. The molecule has 2 aromatic rings. The molecule has 0 aliphatic carbocycles. The van der Waals surface area contributed by atoms with Gasteiger partial charge in [0, 0.05) is 25.4 Å². The first-order valence-corrected chi connectivity index (χ1v) is 6.16. The van der Waals surface area contributed by atoms with Gasteiger partial charge in [-0.3, -0.25) is 9.78 Å². The van der Waals surface area contributed by atoms with E-state index in [1.165, 1.54) is 0 Å². The molecule has 0 saturated heterocycles. The maximum Gasteiger partial charge on any atom is 0.251 e. The molecule has 0 unspecified atom stereocenters. The number of hydrogen-bond donors (Lipinski definition) is 2. The first kappa shape index (κ1) is 13.1. The minimum atomic E-state index is -0.0670. The summed E-state index contributed by atoms with van der Waals surface area (Å²) in [6, 6.07) is 9.52. The molecule has 4 nitrogen and oxygen atoms in total. The highest BCUT2D eigenvalue weighted by atomic mass is 16.1. The average Bonchev–Trinajstić information content (AvgIpc) is 2.46. The number of carbonyl (C=O) groups excluding carboxylic acids is 1. The van der Waals surface area contributed by atoms with Crippen LogP contribution >= 0.6 is 0 Å². The molecule has 0 bridgehead atoms. The lowest BCUT2D eigenvalue weighted by Gasteiger charge is -2.09. The lowest BCUT2D eigenvalue weighted by Crippen LogP contribution is -2.17. The van der Waals surface area contributed by atoms with Crippen molar-refractivity contribution < 1.29 is 4.79 Å². The zero-order chi connectivity index (χ0) is 13.7. The van der Waals surface area contributed by atoms with Gasteiger partial charge in [-0.15, -0.1) is 0 Å². The number of aromatic nitrogens is 1. The number of rotatable bonds is 4. The SMILES string of the molecule is CNC(=O)c1ccc(CNc2cnccc2C)cc1. The van der Waals surface area contributed by atoms with Crippen molar-refractivity contribution in [1.29, 1.82) is 0 Å². The molecular weight excluding hydrogens is 238 g/mol. The normalized spacial score (nSPS) is 10.0. The third-order valence-corrected chi connectivity index (χ3v) is 2.97. The minimum absolute atomic E-state index is 0.0670. The lowest BCUT2D eigenvalue weighted by atomic mass is 10.1. The third kappa shape index (κ3) is 3.31. The van der Waals surface area contributed by atoms with Crippen LogP contribution in [0.2, 0.25) is 0 Å². The number of amides is 1. The first-order valence-electron chi connectivity index (χ1n) is 6.16. The van der Waals surface area contributed by atoms with Gasteiger partial charge < -0.3 is 10.6 Å². The smallest absolute Gasteiger partial charge is 0.251 e. The third-order valence-electron chi connectivity index (χ3n) is 2.97. The van der Waals surface area contributed by atoms with Gasteiger partial charge in [-0.2, -0.15) is 0 Å². The molecule has 0 saturated carbocycles. The van der Waals surface area contributed by atoms with Crippen molar-refractivity contribution in [2.24, 2.45) is 0 Å². The number of nitrogens with zero attached hydrogens (tertiary/aromatic N) is 1. The largest absolute Gasteiger partial charge is 0.380 e. The summed E-state index contributed by atoms with van der Waals surface area (Å²) >= 11 is 0. The Labute approximate surface area is 112 Å². The van der Waals surface area contributed by atoms with Gasteiger partial charge in [0.1, 0.15) is 0 Å². The van der Waals surface area contributed by atoms with Crippen molar-refractivity contribution in [3.05, 3.63) is 59.4 Å². The number of nitrogens with one attached hydrogen (secondary N) is 2. The van der Waals surface area contributed by atoms with Crippen molar-refractivity contribution in [3.63, 3.8) is 0 Å². The van der Waals surface area contributed by atoms with E-state index in [9.17, 15) is 4.79 Å². The Hall–Kier alpha value is -2.36. The predicted molar refractivity (Wildman–Crippen MR) is 76.1 cm³/mol. The standard InChI is InChI=1S/C15H17N3O/c1-11-7-8-17-10-14(11)18-9-12-3-5-13(6-4-12)15(19)16-2/h3-8,10,18H,9H2,1-2H3,(H,16,19). The molecule has 0 fully saturated rings. The fourth-order valence-corrected chi connectivity index (χ4v) is 1.76. The zero-order valence-electron chi connectivity index (χ0n) is 11.1. The van der Waals surface area contributed by atoms with Crippen LogP contribution in [-0.4, -0.2) is 17.9 Å². The minimum Gasteiger partial charge on any atom is -0.380 e. The lowest BCUT2D eigenvalue weighted by molar-refractivity contribution is 0.0963. The molecule has 1 heterocycles. The van der Waals surface area contributed by atoms with Gasteiger partial charge in [-0.05, 0) is 36.2 Å². The van der Waals surface area contributed by atoms with Crippen LogP contribution in [0.5, 0.6) is 0 Å². The van der Waals surface area contributed by atoms with E-state index in [0.29, 0.717) is 12.1 Å². The molecule has 0 aliphatic rings. The summed E-state index contributed by atoms with van der Waals surface area (Å²) < 4.78 is 0. The van der Waals surface area contributed by atoms with Crippen molar-refractivity contribution in [1.82, 2.24) is 10.3 Å². The summed E-state index contributed by atoms with van der Waals surface area (Å²) in [7, 11) is 1.63. The highest BCUT2D eigenvalue weighted by molar-refractivity contribution is 5.93. The second-order valence-electron chi connectivity index (χ2n) is 4.32. The maximum atomic E-state index is 11.4. The van der Waals surface area contributed by atoms with Crippen molar-refractivity contribution in [2.75, 3.05) is 12.4 Å². The molecule has 0 atom stereocenters. The van der Waals surface area contributed by atoms with Crippen LogP contribution in [0.25, 0.3) is 0 Å². The van der Waals surface area contributed by atoms with Gasteiger partial charge in [0.15, 0.2) is 0 Å². The highest BCUT2D eigenvalue weighted by Crippen LogP contribution is 2.13. The first-order chi connectivity index (χ1) is 9.20. The number of carbonyl (C=O) groups is 1. The molecule has 2 N–H and O–H groups in total. The molecule has 2 rings (SSSR count). The molecule has 1 amide bonds. The fraction of sp³-hybridized carbons (Fsp3) is 0.200. The monoisotopic (exact) mass is 255 g/mol. The predicted octanol–water partition coefficient (Wildman–Crippen LogP) is 2.36. The van der Waals surface area contributed by atoms with Gasteiger partial charge in [-0.1, -0.05) is 12.1 Å². The molecule has 0 radical (unpaired) electrons. The summed E-state index contributed by atoms with van der Waals surface area (Å²) in [6.07, 6.45) is 3.59. The average molecular weight is 255 g/mol. The number of aryl methyl sites for hydroxylation is 1. The molecular formula is C15H17N3O. The Kier molecular flexibility index (Phi) is 4.13. The van der Waals surface area contributed by atoms with Gasteiger partial charge in [0.05, 0.1) is 11.9 Å². The van der Waals surface area contributed by atoms with E-state index in [4.69, 9.17) is 0 Å². The van der Waals surface area contributed by atoms with Crippen LogP contribution in [0, 0.1) is 6.92 Å². The van der Waals surface area contributed by atoms with E-state index >= 15 is 0 Å². The van der Waals surface area contributed by atoms with E-state index < -0.39 is 0 Å². The summed E-state index contributed by atoms with van der Waals surface area (Å²) in [5.41, 5.74) is 3.98. The summed E-state index contributed by atoms with van der Waals surface area (Å²) in [6.45, 7) is 2.75. The van der Waals surface area contributed by atoms with Crippen molar-refractivity contribution >= 4 is 11.6 Å². The van der Waals surface area contributed by atoms with Crippen LogP contribution < -0.4 is 10.6 Å². The number of benzene rings is 1. The Morgan fingerprint density at radius 1 is 1.21 bits per heavy atom. The molecule has 1 aromatic carbocycles. The second-order valence-corrected chi connectivity index (χ2v) is 4.32. The molecule has 98 valence electrons.